The quantitative estimate of drug-likeness (QED) is 0.759. The minimum atomic E-state index is -0.319. The largest absolute Gasteiger partial charge is 0.494 e. The Balaban J connectivity index is 2.29. The fourth-order valence-corrected chi connectivity index (χ4v) is 1.93. The van der Waals surface area contributed by atoms with E-state index in [1.165, 1.54) is 24.4 Å². The van der Waals surface area contributed by atoms with Crippen LogP contribution in [0, 0.1) is 19.7 Å². The summed E-state index contributed by atoms with van der Waals surface area (Å²) in [4.78, 5) is 0. The molecule has 0 aliphatic carbocycles. The van der Waals surface area contributed by atoms with E-state index in [4.69, 9.17) is 4.74 Å². The fourth-order valence-electron chi connectivity index (χ4n) is 1.93. The fraction of sp³-hybridized carbons (Fsp3) is 0.267. The minimum absolute atomic E-state index is 0.282. The van der Waals surface area contributed by atoms with Crippen LogP contribution >= 0.6 is 0 Å². The Bertz CT molecular complexity index is 566. The van der Waals surface area contributed by atoms with E-state index >= 15 is 0 Å². The molecule has 0 aliphatic heterocycles. The van der Waals surface area contributed by atoms with E-state index in [1.54, 1.807) is 6.07 Å². The molecule has 0 N–H and O–H groups in total. The lowest BCUT2D eigenvalue weighted by Gasteiger charge is -2.05. The van der Waals surface area contributed by atoms with Crippen LogP contribution in [0.4, 0.5) is 4.39 Å². The first-order valence-corrected chi connectivity index (χ1v) is 5.90. The highest BCUT2D eigenvalue weighted by molar-refractivity contribution is 5.28. The van der Waals surface area contributed by atoms with Gasteiger partial charge in [0.15, 0.2) is 30.0 Å². The van der Waals surface area contributed by atoms with Crippen molar-refractivity contribution < 1.29 is 13.7 Å². The maximum Gasteiger partial charge on any atom is 0.181 e. The lowest BCUT2D eigenvalue weighted by Crippen LogP contribution is -2.37. The summed E-state index contributed by atoms with van der Waals surface area (Å²) < 4.78 is 20.6. The first kappa shape index (κ1) is 12.6. The lowest BCUT2D eigenvalue weighted by atomic mass is 10.1. The third-order valence-corrected chi connectivity index (χ3v) is 3.18. The molecule has 94 valence electrons. The molecular weight excluding hydrogens is 229 g/mol. The van der Waals surface area contributed by atoms with E-state index in [0.29, 0.717) is 6.54 Å². The van der Waals surface area contributed by atoms with E-state index in [-0.39, 0.29) is 11.6 Å². The number of hydrogen-bond acceptors (Lipinski definition) is 1. The number of halogens is 1. The molecule has 0 spiro atoms. The van der Waals surface area contributed by atoms with Crippen molar-refractivity contribution in [3.8, 4) is 5.75 Å². The van der Waals surface area contributed by atoms with Crippen molar-refractivity contribution in [2.24, 2.45) is 0 Å². The highest BCUT2D eigenvalue weighted by Gasteiger charge is 2.11. The molecule has 0 unspecified atom stereocenters. The zero-order chi connectivity index (χ0) is 13.1. The number of nitrogens with zero attached hydrogens (tertiary/aromatic N) is 1. The normalized spacial score (nSPS) is 10.4. The smallest absolute Gasteiger partial charge is 0.181 e. The molecule has 0 aliphatic rings. The number of aromatic nitrogens is 1. The van der Waals surface area contributed by atoms with Crippen molar-refractivity contribution in [3.63, 3.8) is 0 Å². The average molecular weight is 246 g/mol. The van der Waals surface area contributed by atoms with E-state index in [0.717, 1.165) is 5.56 Å². The van der Waals surface area contributed by atoms with Crippen LogP contribution in [0.15, 0.2) is 36.5 Å². The van der Waals surface area contributed by atoms with Gasteiger partial charge in [-0.2, -0.15) is 4.57 Å². The number of ether oxygens (including phenoxy) is 1. The van der Waals surface area contributed by atoms with Gasteiger partial charge in [-0.1, -0.05) is 0 Å². The van der Waals surface area contributed by atoms with Gasteiger partial charge >= 0.3 is 0 Å². The number of hydrogen-bond donors (Lipinski definition) is 0. The SMILES string of the molecule is COc1ccc(C[n+]2cccc(C)c2C)cc1F. The summed E-state index contributed by atoms with van der Waals surface area (Å²) in [5.74, 6) is -0.0365. The number of rotatable bonds is 3. The predicted molar refractivity (Wildman–Crippen MR) is 68.2 cm³/mol. The molecule has 2 nitrogen and oxygen atoms in total. The highest BCUT2D eigenvalue weighted by atomic mass is 19.1. The molecule has 2 rings (SSSR count). The number of aryl methyl sites for hydroxylation is 1. The molecule has 2 aromatic rings. The van der Waals surface area contributed by atoms with Crippen LogP contribution in [0.2, 0.25) is 0 Å². The molecule has 18 heavy (non-hydrogen) atoms. The topological polar surface area (TPSA) is 13.1 Å². The Morgan fingerprint density at radius 2 is 2.00 bits per heavy atom. The van der Waals surface area contributed by atoms with Crippen LogP contribution in [0.3, 0.4) is 0 Å². The zero-order valence-electron chi connectivity index (χ0n) is 10.9. The van der Waals surface area contributed by atoms with Crippen molar-refractivity contribution in [1.29, 1.82) is 0 Å². The summed E-state index contributed by atoms with van der Waals surface area (Å²) in [6.07, 6.45) is 2.00. The number of pyridine rings is 1. The highest BCUT2D eigenvalue weighted by Crippen LogP contribution is 2.17. The van der Waals surface area contributed by atoms with Gasteiger partial charge in [0.05, 0.1) is 7.11 Å². The number of methoxy groups -OCH3 is 1. The van der Waals surface area contributed by atoms with Gasteiger partial charge in [0.1, 0.15) is 0 Å². The summed E-state index contributed by atoms with van der Waals surface area (Å²) in [5, 5.41) is 0. The second-order valence-electron chi connectivity index (χ2n) is 4.37. The van der Waals surface area contributed by atoms with Crippen molar-refractivity contribution >= 4 is 0 Å². The molecule has 1 aromatic heterocycles. The Morgan fingerprint density at radius 1 is 1.22 bits per heavy atom. The molecule has 0 fully saturated rings. The van der Waals surface area contributed by atoms with E-state index in [9.17, 15) is 4.39 Å². The molecular formula is C15H17FNO+. The molecule has 0 amide bonds. The Kier molecular flexibility index (Phi) is 3.60. The Labute approximate surface area is 107 Å². The molecule has 3 heteroatoms. The van der Waals surface area contributed by atoms with E-state index in [1.807, 2.05) is 18.3 Å². The second kappa shape index (κ2) is 5.17. The maximum atomic E-state index is 13.6. The van der Waals surface area contributed by atoms with Gasteiger partial charge in [-0.25, -0.2) is 4.39 Å². The van der Waals surface area contributed by atoms with Crippen LogP contribution in [-0.2, 0) is 6.54 Å². The predicted octanol–water partition coefficient (Wildman–Crippen LogP) is 2.79. The molecule has 0 atom stereocenters. The average Bonchev–Trinajstić information content (AvgIpc) is 2.35. The van der Waals surface area contributed by atoms with Gasteiger partial charge in [0, 0.05) is 24.1 Å². The zero-order valence-corrected chi connectivity index (χ0v) is 10.9. The molecule has 1 aromatic carbocycles. The van der Waals surface area contributed by atoms with E-state index < -0.39 is 0 Å². The standard InChI is InChI=1S/C15H17FNO/c1-11-5-4-8-17(12(11)2)10-13-6-7-15(18-3)14(16)9-13/h4-9H,10H2,1-3H3/q+1. The lowest BCUT2D eigenvalue weighted by molar-refractivity contribution is -0.694. The van der Waals surface area contributed by atoms with Crippen LogP contribution < -0.4 is 9.30 Å². The van der Waals surface area contributed by atoms with Crippen LogP contribution in [0.5, 0.6) is 5.75 Å². The Hall–Kier alpha value is -1.90. The van der Waals surface area contributed by atoms with Gasteiger partial charge < -0.3 is 4.74 Å². The van der Waals surface area contributed by atoms with Gasteiger partial charge in [0.2, 0.25) is 0 Å². The summed E-state index contributed by atoms with van der Waals surface area (Å²) in [6.45, 7) is 4.80. The Morgan fingerprint density at radius 3 is 2.67 bits per heavy atom. The molecule has 0 saturated heterocycles. The first-order chi connectivity index (χ1) is 8.61. The maximum absolute atomic E-state index is 13.6. The molecule has 1 heterocycles. The van der Waals surface area contributed by atoms with Gasteiger partial charge in [-0.05, 0) is 31.2 Å². The molecule has 0 radical (unpaired) electrons. The van der Waals surface area contributed by atoms with Gasteiger partial charge in [0.25, 0.3) is 0 Å². The summed E-state index contributed by atoms with van der Waals surface area (Å²) in [7, 11) is 1.47. The summed E-state index contributed by atoms with van der Waals surface area (Å²) in [6, 6.07) is 9.14. The van der Waals surface area contributed by atoms with Gasteiger partial charge in [-0.3, -0.25) is 0 Å². The summed E-state index contributed by atoms with van der Waals surface area (Å²) >= 11 is 0. The number of benzene rings is 1. The van der Waals surface area contributed by atoms with Crippen molar-refractivity contribution in [1.82, 2.24) is 0 Å². The molecule has 0 saturated carbocycles. The van der Waals surface area contributed by atoms with E-state index in [2.05, 4.69) is 24.5 Å². The van der Waals surface area contributed by atoms with Crippen molar-refractivity contribution in [3.05, 3.63) is 59.2 Å². The van der Waals surface area contributed by atoms with Crippen molar-refractivity contribution in [2.75, 3.05) is 7.11 Å². The first-order valence-electron chi connectivity index (χ1n) is 5.90. The third-order valence-electron chi connectivity index (χ3n) is 3.18. The molecule has 0 bridgehead atoms. The van der Waals surface area contributed by atoms with Crippen LogP contribution in [0.25, 0.3) is 0 Å². The summed E-state index contributed by atoms with van der Waals surface area (Å²) in [5.41, 5.74) is 3.34. The second-order valence-corrected chi connectivity index (χ2v) is 4.37. The monoisotopic (exact) mass is 246 g/mol. The third kappa shape index (κ3) is 2.50. The van der Waals surface area contributed by atoms with Crippen molar-refractivity contribution in [2.45, 2.75) is 20.4 Å². The van der Waals surface area contributed by atoms with Crippen LogP contribution in [-0.4, -0.2) is 7.11 Å². The van der Waals surface area contributed by atoms with Crippen LogP contribution in [0.1, 0.15) is 16.8 Å². The minimum Gasteiger partial charge on any atom is -0.494 e. The van der Waals surface area contributed by atoms with Gasteiger partial charge in [-0.15, -0.1) is 0 Å².